The number of halogens is 5. The standard InChI is InChI=1S/C29H25F5O/c1-2-18-3-5-19(6-4-18)7-8-20-10-14-24-23(15-20)13-12-22(27(24)32)11-9-21-16-25(30)28(26(31)17-21)35-29(33)34/h3-6,10,12-17,29H,2,7-9,11H2,1H3. The van der Waals surface area contributed by atoms with Crippen molar-refractivity contribution < 1.29 is 26.7 Å². The molecule has 0 bridgehead atoms. The lowest BCUT2D eigenvalue weighted by atomic mass is 9.97. The van der Waals surface area contributed by atoms with Crippen LogP contribution < -0.4 is 4.74 Å². The molecule has 4 aromatic carbocycles. The Kier molecular flexibility index (Phi) is 7.69. The Bertz CT molecular complexity index is 1290. The molecule has 0 saturated heterocycles. The molecule has 0 aliphatic rings. The molecule has 0 fully saturated rings. The third-order valence-corrected chi connectivity index (χ3v) is 6.18. The first-order valence-corrected chi connectivity index (χ1v) is 11.5. The summed E-state index contributed by atoms with van der Waals surface area (Å²) in [4.78, 5) is 0. The minimum Gasteiger partial charge on any atom is -0.429 e. The van der Waals surface area contributed by atoms with Crippen LogP contribution in [0.2, 0.25) is 0 Å². The monoisotopic (exact) mass is 484 g/mol. The van der Waals surface area contributed by atoms with E-state index in [2.05, 4.69) is 35.9 Å². The fourth-order valence-corrected chi connectivity index (χ4v) is 4.20. The fourth-order valence-electron chi connectivity index (χ4n) is 4.20. The van der Waals surface area contributed by atoms with Gasteiger partial charge in [-0.2, -0.15) is 8.78 Å². The molecule has 6 heteroatoms. The number of aryl methyl sites for hydroxylation is 5. The first kappa shape index (κ1) is 24.7. The van der Waals surface area contributed by atoms with Crippen LogP contribution in [0.4, 0.5) is 22.0 Å². The van der Waals surface area contributed by atoms with Crippen LogP contribution in [0.5, 0.6) is 5.75 Å². The predicted octanol–water partition coefficient (Wildman–Crippen LogP) is 7.99. The minimum absolute atomic E-state index is 0.139. The van der Waals surface area contributed by atoms with Gasteiger partial charge in [0.25, 0.3) is 0 Å². The average molecular weight is 485 g/mol. The molecule has 0 aliphatic heterocycles. The highest BCUT2D eigenvalue weighted by molar-refractivity contribution is 5.84. The molecule has 0 radical (unpaired) electrons. The zero-order valence-electron chi connectivity index (χ0n) is 19.3. The van der Waals surface area contributed by atoms with Gasteiger partial charge in [-0.3, -0.25) is 0 Å². The lowest BCUT2D eigenvalue weighted by Gasteiger charge is -2.11. The smallest absolute Gasteiger partial charge is 0.387 e. The fraction of sp³-hybridized carbons (Fsp3) is 0.241. The molecule has 182 valence electrons. The maximum absolute atomic E-state index is 15.1. The van der Waals surface area contributed by atoms with E-state index in [0.29, 0.717) is 10.9 Å². The summed E-state index contributed by atoms with van der Waals surface area (Å²) in [5.41, 5.74) is 4.31. The second kappa shape index (κ2) is 10.9. The van der Waals surface area contributed by atoms with Crippen LogP contribution in [0.25, 0.3) is 10.8 Å². The second-order valence-electron chi connectivity index (χ2n) is 8.53. The SMILES string of the molecule is CCc1ccc(CCc2ccc3c(F)c(CCc4cc(F)c(OC(F)F)c(F)c4)ccc3c2)cc1. The third-order valence-electron chi connectivity index (χ3n) is 6.18. The van der Waals surface area contributed by atoms with Crippen LogP contribution in [0.3, 0.4) is 0 Å². The van der Waals surface area contributed by atoms with Gasteiger partial charge in [0, 0.05) is 5.39 Å². The minimum atomic E-state index is -3.33. The highest BCUT2D eigenvalue weighted by atomic mass is 19.3. The molecule has 0 aromatic heterocycles. The van der Waals surface area contributed by atoms with Crippen molar-refractivity contribution in [1.82, 2.24) is 0 Å². The molecular formula is C29H25F5O. The molecule has 0 aliphatic carbocycles. The van der Waals surface area contributed by atoms with E-state index in [9.17, 15) is 17.6 Å². The largest absolute Gasteiger partial charge is 0.429 e. The molecule has 0 N–H and O–H groups in total. The lowest BCUT2D eigenvalue weighted by Crippen LogP contribution is -2.06. The van der Waals surface area contributed by atoms with E-state index in [4.69, 9.17) is 0 Å². The molecule has 0 amide bonds. The molecule has 0 unspecified atom stereocenters. The molecule has 35 heavy (non-hydrogen) atoms. The summed E-state index contributed by atoms with van der Waals surface area (Å²) >= 11 is 0. The highest BCUT2D eigenvalue weighted by Gasteiger charge is 2.17. The summed E-state index contributed by atoms with van der Waals surface area (Å²) in [7, 11) is 0. The Labute approximate surface area is 201 Å². The first-order chi connectivity index (χ1) is 16.8. The third kappa shape index (κ3) is 5.99. The Balaban J connectivity index is 1.44. The van der Waals surface area contributed by atoms with Crippen LogP contribution in [-0.4, -0.2) is 6.61 Å². The Morgan fingerprint density at radius 3 is 1.91 bits per heavy atom. The van der Waals surface area contributed by atoms with Gasteiger partial charge in [-0.05, 0) is 77.4 Å². The first-order valence-electron chi connectivity index (χ1n) is 11.5. The molecule has 4 aromatic rings. The summed E-state index contributed by atoms with van der Waals surface area (Å²) in [6.45, 7) is -1.20. The average Bonchev–Trinajstić information content (AvgIpc) is 2.84. The number of ether oxygens (including phenoxy) is 1. The van der Waals surface area contributed by atoms with Crippen molar-refractivity contribution in [3.8, 4) is 5.75 Å². The number of benzene rings is 4. The van der Waals surface area contributed by atoms with Gasteiger partial charge < -0.3 is 4.74 Å². The van der Waals surface area contributed by atoms with Crippen LogP contribution >= 0.6 is 0 Å². The van der Waals surface area contributed by atoms with Crippen molar-refractivity contribution in [2.45, 2.75) is 45.6 Å². The van der Waals surface area contributed by atoms with Crippen molar-refractivity contribution >= 4 is 10.8 Å². The number of hydrogen-bond acceptors (Lipinski definition) is 1. The number of fused-ring (bicyclic) bond motifs is 1. The van der Waals surface area contributed by atoms with Gasteiger partial charge in [0.05, 0.1) is 0 Å². The maximum Gasteiger partial charge on any atom is 0.387 e. The lowest BCUT2D eigenvalue weighted by molar-refractivity contribution is -0.0546. The predicted molar refractivity (Wildman–Crippen MR) is 128 cm³/mol. The summed E-state index contributed by atoms with van der Waals surface area (Å²) in [5, 5.41) is 1.27. The van der Waals surface area contributed by atoms with Gasteiger partial charge in [0.15, 0.2) is 17.4 Å². The van der Waals surface area contributed by atoms with Crippen molar-refractivity contribution in [1.29, 1.82) is 0 Å². The molecule has 0 spiro atoms. The second-order valence-corrected chi connectivity index (χ2v) is 8.53. The molecule has 0 heterocycles. The summed E-state index contributed by atoms with van der Waals surface area (Å²) < 4.78 is 71.5. The van der Waals surface area contributed by atoms with E-state index in [0.717, 1.165) is 42.3 Å². The molecule has 1 nitrogen and oxygen atoms in total. The summed E-state index contributed by atoms with van der Waals surface area (Å²) in [6, 6.07) is 19.6. The topological polar surface area (TPSA) is 9.23 Å². The van der Waals surface area contributed by atoms with Gasteiger partial charge in [-0.25, -0.2) is 13.2 Å². The Hall–Kier alpha value is -3.41. The van der Waals surface area contributed by atoms with Crippen molar-refractivity contribution in [3.63, 3.8) is 0 Å². The maximum atomic E-state index is 15.1. The zero-order chi connectivity index (χ0) is 24.9. The van der Waals surface area contributed by atoms with Gasteiger partial charge in [-0.15, -0.1) is 0 Å². The van der Waals surface area contributed by atoms with Crippen molar-refractivity contribution in [3.05, 3.63) is 112 Å². The van der Waals surface area contributed by atoms with Gasteiger partial charge in [0.1, 0.15) is 5.82 Å². The van der Waals surface area contributed by atoms with Crippen LogP contribution in [0, 0.1) is 17.5 Å². The van der Waals surface area contributed by atoms with Gasteiger partial charge in [0.2, 0.25) is 0 Å². The highest BCUT2D eigenvalue weighted by Crippen LogP contribution is 2.27. The Morgan fingerprint density at radius 2 is 1.26 bits per heavy atom. The van der Waals surface area contributed by atoms with Crippen LogP contribution in [0.1, 0.15) is 34.7 Å². The van der Waals surface area contributed by atoms with Crippen molar-refractivity contribution in [2.75, 3.05) is 0 Å². The zero-order valence-corrected chi connectivity index (χ0v) is 19.3. The normalized spacial score (nSPS) is 11.4. The van der Waals surface area contributed by atoms with Crippen molar-refractivity contribution in [2.24, 2.45) is 0 Å². The van der Waals surface area contributed by atoms with Crippen LogP contribution in [0.15, 0.2) is 66.7 Å². The molecule has 0 saturated carbocycles. The molecule has 4 rings (SSSR count). The Morgan fingerprint density at radius 1 is 0.657 bits per heavy atom. The van der Waals surface area contributed by atoms with E-state index in [1.807, 2.05) is 18.2 Å². The number of hydrogen-bond donors (Lipinski definition) is 0. The quantitative estimate of drug-likeness (QED) is 0.219. The number of alkyl halides is 2. The molecule has 0 atom stereocenters. The van der Waals surface area contributed by atoms with E-state index in [-0.39, 0.29) is 24.2 Å². The van der Waals surface area contributed by atoms with Gasteiger partial charge in [-0.1, -0.05) is 61.5 Å². The molecular weight excluding hydrogens is 459 g/mol. The summed E-state index contributed by atoms with van der Waals surface area (Å²) in [5.74, 6) is -3.92. The number of rotatable bonds is 9. The van der Waals surface area contributed by atoms with Crippen LogP contribution in [-0.2, 0) is 32.1 Å². The van der Waals surface area contributed by atoms with E-state index in [1.54, 1.807) is 12.1 Å². The van der Waals surface area contributed by atoms with E-state index >= 15 is 4.39 Å². The van der Waals surface area contributed by atoms with E-state index in [1.165, 1.54) is 11.1 Å². The van der Waals surface area contributed by atoms with Gasteiger partial charge >= 0.3 is 6.61 Å². The summed E-state index contributed by atoms with van der Waals surface area (Å²) in [6.07, 6.45) is 3.08. The van der Waals surface area contributed by atoms with E-state index < -0.39 is 24.0 Å².